The molecule has 0 atom stereocenters. The van der Waals surface area contributed by atoms with Crippen molar-refractivity contribution in [3.05, 3.63) is 23.7 Å². The topological polar surface area (TPSA) is 69.9 Å². The van der Waals surface area contributed by atoms with E-state index in [4.69, 9.17) is 4.74 Å². The van der Waals surface area contributed by atoms with Crippen LogP contribution in [0.2, 0.25) is 0 Å². The number of aromatic nitrogens is 4. The van der Waals surface area contributed by atoms with Gasteiger partial charge in [-0.3, -0.25) is 9.48 Å². The third-order valence-electron chi connectivity index (χ3n) is 3.02. The lowest BCUT2D eigenvalue weighted by Crippen LogP contribution is -2.07. The van der Waals surface area contributed by atoms with E-state index < -0.39 is 0 Å². The maximum atomic E-state index is 11.4. The van der Waals surface area contributed by atoms with E-state index in [9.17, 15) is 4.79 Å². The molecular formula is C14H18N4O2S. The summed E-state index contributed by atoms with van der Waals surface area (Å²) in [5, 5.41) is 4.95. The highest BCUT2D eigenvalue weighted by Crippen LogP contribution is 2.26. The van der Waals surface area contributed by atoms with Gasteiger partial charge in [0, 0.05) is 24.5 Å². The van der Waals surface area contributed by atoms with Gasteiger partial charge in [-0.2, -0.15) is 5.10 Å². The van der Waals surface area contributed by atoms with Gasteiger partial charge in [-0.1, -0.05) is 11.8 Å². The van der Waals surface area contributed by atoms with Crippen LogP contribution in [0.25, 0.3) is 11.3 Å². The second-order valence-electron chi connectivity index (χ2n) is 4.49. The first kappa shape index (κ1) is 15.5. The van der Waals surface area contributed by atoms with Crippen molar-refractivity contribution < 1.29 is 9.53 Å². The van der Waals surface area contributed by atoms with E-state index in [-0.39, 0.29) is 11.7 Å². The molecule has 0 bridgehead atoms. The molecule has 2 aromatic rings. The number of ether oxygens (including phenoxy) is 1. The lowest BCUT2D eigenvalue weighted by molar-refractivity contribution is -0.139. The van der Waals surface area contributed by atoms with Gasteiger partial charge in [0.05, 0.1) is 23.7 Å². The number of hydrogen-bond donors (Lipinski definition) is 0. The van der Waals surface area contributed by atoms with E-state index in [1.54, 1.807) is 13.1 Å². The Hall–Kier alpha value is -1.89. The van der Waals surface area contributed by atoms with Crippen LogP contribution in [0.5, 0.6) is 0 Å². The molecule has 7 heteroatoms. The summed E-state index contributed by atoms with van der Waals surface area (Å²) in [6, 6.07) is 1.85. The Morgan fingerprint density at radius 2 is 2.19 bits per heavy atom. The van der Waals surface area contributed by atoms with E-state index in [2.05, 4.69) is 15.1 Å². The zero-order chi connectivity index (χ0) is 15.4. The number of hydrogen-bond acceptors (Lipinski definition) is 6. The molecule has 112 valence electrons. The second kappa shape index (κ2) is 6.71. The largest absolute Gasteiger partial charge is 0.465 e. The minimum absolute atomic E-state index is 0.211. The number of nitrogens with zero attached hydrogens (tertiary/aromatic N) is 4. The molecule has 0 aliphatic rings. The zero-order valence-electron chi connectivity index (χ0n) is 12.6. The van der Waals surface area contributed by atoms with Gasteiger partial charge in [0.25, 0.3) is 0 Å². The number of carbonyl (C=O) groups excluding carboxylic acids is 1. The molecule has 0 saturated heterocycles. The molecule has 21 heavy (non-hydrogen) atoms. The summed E-state index contributed by atoms with van der Waals surface area (Å²) in [5.74, 6) is -0.0484. The molecule has 0 spiro atoms. The van der Waals surface area contributed by atoms with Crippen LogP contribution in [0, 0.1) is 13.8 Å². The van der Waals surface area contributed by atoms with Crippen molar-refractivity contribution in [3.63, 3.8) is 0 Å². The van der Waals surface area contributed by atoms with E-state index in [1.807, 2.05) is 31.6 Å². The predicted molar refractivity (Wildman–Crippen MR) is 81.1 cm³/mol. The fraction of sp³-hybridized carbons (Fsp3) is 0.429. The minimum atomic E-state index is -0.259. The number of rotatable bonds is 5. The molecule has 0 aliphatic heterocycles. The van der Waals surface area contributed by atoms with Crippen molar-refractivity contribution in [1.29, 1.82) is 0 Å². The molecule has 0 amide bonds. The lowest BCUT2D eigenvalue weighted by atomic mass is 10.1. The Morgan fingerprint density at radius 3 is 2.81 bits per heavy atom. The van der Waals surface area contributed by atoms with Gasteiger partial charge in [0.2, 0.25) is 0 Å². The minimum Gasteiger partial charge on any atom is -0.465 e. The van der Waals surface area contributed by atoms with Crippen LogP contribution in [0.3, 0.4) is 0 Å². The van der Waals surface area contributed by atoms with Gasteiger partial charge >= 0.3 is 5.97 Å². The van der Waals surface area contributed by atoms with Crippen LogP contribution >= 0.6 is 11.8 Å². The first-order valence-electron chi connectivity index (χ1n) is 6.65. The molecule has 2 rings (SSSR count). The first-order valence-corrected chi connectivity index (χ1v) is 7.63. The molecule has 0 fully saturated rings. The average molecular weight is 306 g/mol. The van der Waals surface area contributed by atoms with Crippen LogP contribution in [0.4, 0.5) is 0 Å². The summed E-state index contributed by atoms with van der Waals surface area (Å²) in [7, 11) is 1.91. The van der Waals surface area contributed by atoms with Crippen molar-refractivity contribution in [1.82, 2.24) is 19.7 Å². The van der Waals surface area contributed by atoms with Crippen molar-refractivity contribution >= 4 is 17.7 Å². The van der Waals surface area contributed by atoms with Crippen LogP contribution in [-0.2, 0) is 16.6 Å². The van der Waals surface area contributed by atoms with Gasteiger partial charge in [-0.25, -0.2) is 9.97 Å². The van der Waals surface area contributed by atoms with Crippen LogP contribution < -0.4 is 0 Å². The molecule has 2 aromatic heterocycles. The smallest absolute Gasteiger partial charge is 0.316 e. The quantitative estimate of drug-likeness (QED) is 0.479. The van der Waals surface area contributed by atoms with Crippen molar-refractivity contribution in [3.8, 4) is 11.3 Å². The Labute approximate surface area is 127 Å². The lowest BCUT2D eigenvalue weighted by Gasteiger charge is -2.04. The highest BCUT2D eigenvalue weighted by Gasteiger charge is 2.14. The van der Waals surface area contributed by atoms with Crippen molar-refractivity contribution in [2.45, 2.75) is 25.9 Å². The third kappa shape index (κ3) is 3.60. The van der Waals surface area contributed by atoms with Gasteiger partial charge in [-0.05, 0) is 26.8 Å². The normalized spacial score (nSPS) is 10.7. The fourth-order valence-electron chi connectivity index (χ4n) is 2.02. The Balaban J connectivity index is 2.20. The van der Waals surface area contributed by atoms with Gasteiger partial charge < -0.3 is 4.74 Å². The van der Waals surface area contributed by atoms with Crippen molar-refractivity contribution in [2.75, 3.05) is 12.4 Å². The second-order valence-corrected chi connectivity index (χ2v) is 5.43. The van der Waals surface area contributed by atoms with Crippen LogP contribution in [-0.4, -0.2) is 38.1 Å². The number of thioether (sulfide) groups is 1. The Kier molecular flexibility index (Phi) is 4.95. The van der Waals surface area contributed by atoms with E-state index in [1.165, 1.54) is 11.8 Å². The maximum absolute atomic E-state index is 11.4. The standard InChI is InChI=1S/C14H18N4O2S/c1-5-20-12(19)8-21-14-15-7-6-11(16-14)13-9(2)17-18(4)10(13)3/h6-7H,5,8H2,1-4H3. The van der Waals surface area contributed by atoms with E-state index >= 15 is 0 Å². The first-order chi connectivity index (χ1) is 10.0. The average Bonchev–Trinajstić information content (AvgIpc) is 2.71. The van der Waals surface area contributed by atoms with Crippen LogP contribution in [0.15, 0.2) is 17.4 Å². The summed E-state index contributed by atoms with van der Waals surface area (Å²) >= 11 is 1.27. The Bertz CT molecular complexity index is 654. The molecule has 0 aliphatic carbocycles. The highest BCUT2D eigenvalue weighted by atomic mass is 32.2. The SMILES string of the molecule is CCOC(=O)CSc1nccc(-c2c(C)nn(C)c2C)n1. The predicted octanol–water partition coefficient (Wildman–Crippen LogP) is 2.15. The van der Waals surface area contributed by atoms with Crippen LogP contribution in [0.1, 0.15) is 18.3 Å². The summed E-state index contributed by atoms with van der Waals surface area (Å²) in [6.45, 7) is 6.13. The molecule has 0 N–H and O–H groups in total. The van der Waals surface area contributed by atoms with Gasteiger partial charge in [-0.15, -0.1) is 0 Å². The number of esters is 1. The molecule has 0 radical (unpaired) electrons. The fourth-order valence-corrected chi connectivity index (χ4v) is 2.65. The number of carbonyl (C=O) groups is 1. The summed E-state index contributed by atoms with van der Waals surface area (Å²) in [4.78, 5) is 20.1. The van der Waals surface area contributed by atoms with Crippen molar-refractivity contribution in [2.24, 2.45) is 7.05 Å². The number of aryl methyl sites for hydroxylation is 2. The highest BCUT2D eigenvalue weighted by molar-refractivity contribution is 7.99. The molecular weight excluding hydrogens is 288 g/mol. The monoisotopic (exact) mass is 306 g/mol. The van der Waals surface area contributed by atoms with Gasteiger partial charge in [0.15, 0.2) is 5.16 Å². The molecule has 0 saturated carbocycles. The molecule has 2 heterocycles. The summed E-state index contributed by atoms with van der Waals surface area (Å²) in [6.07, 6.45) is 1.70. The summed E-state index contributed by atoms with van der Waals surface area (Å²) < 4.78 is 6.72. The summed E-state index contributed by atoms with van der Waals surface area (Å²) in [5.41, 5.74) is 3.81. The molecule has 6 nitrogen and oxygen atoms in total. The molecule has 0 unspecified atom stereocenters. The maximum Gasteiger partial charge on any atom is 0.316 e. The Morgan fingerprint density at radius 1 is 1.43 bits per heavy atom. The van der Waals surface area contributed by atoms with Gasteiger partial charge in [0.1, 0.15) is 0 Å². The molecule has 0 aromatic carbocycles. The zero-order valence-corrected chi connectivity index (χ0v) is 13.4. The third-order valence-corrected chi connectivity index (χ3v) is 3.86. The van der Waals surface area contributed by atoms with E-state index in [0.717, 1.165) is 22.6 Å². The van der Waals surface area contributed by atoms with E-state index in [0.29, 0.717) is 11.8 Å².